The Morgan fingerprint density at radius 1 is 1.00 bits per heavy atom. The van der Waals surface area contributed by atoms with Crippen molar-refractivity contribution in [3.05, 3.63) is 77.2 Å². The van der Waals surface area contributed by atoms with Crippen molar-refractivity contribution in [2.24, 2.45) is 13.0 Å². The van der Waals surface area contributed by atoms with Crippen molar-refractivity contribution >= 4 is 51.8 Å². The third kappa shape index (κ3) is 3.60. The molecule has 0 saturated carbocycles. The van der Waals surface area contributed by atoms with Gasteiger partial charge in [-0.3, -0.25) is 14.9 Å². The molecule has 4 heterocycles. The molecule has 0 spiro atoms. The van der Waals surface area contributed by atoms with Gasteiger partial charge in [-0.25, -0.2) is 0 Å². The van der Waals surface area contributed by atoms with Gasteiger partial charge in [0.1, 0.15) is 0 Å². The van der Waals surface area contributed by atoms with E-state index in [0.29, 0.717) is 17.1 Å². The number of para-hydroxylation sites is 1. The molecule has 7 heteroatoms. The average Bonchev–Trinajstić information content (AvgIpc) is 3.41. The van der Waals surface area contributed by atoms with Gasteiger partial charge in [-0.05, 0) is 63.0 Å². The molecule has 2 amide bonds. The molecule has 0 fully saturated rings. The van der Waals surface area contributed by atoms with Gasteiger partial charge in [-0.1, -0.05) is 24.3 Å². The molecule has 4 aromatic rings. The minimum Gasteiger partial charge on any atom is -0.350 e. The van der Waals surface area contributed by atoms with Crippen molar-refractivity contribution in [3.63, 3.8) is 0 Å². The smallest absolute Gasteiger partial charge is 0.259 e. The fourth-order valence-electron chi connectivity index (χ4n) is 5.99. The summed E-state index contributed by atoms with van der Waals surface area (Å²) in [4.78, 5) is 28.9. The second kappa shape index (κ2) is 8.70. The highest BCUT2D eigenvalue weighted by molar-refractivity contribution is 6.50. The van der Waals surface area contributed by atoms with E-state index in [4.69, 9.17) is 0 Å². The summed E-state index contributed by atoms with van der Waals surface area (Å²) in [6, 6.07) is 14.1. The molecule has 180 valence electrons. The number of benzene rings is 1. The van der Waals surface area contributed by atoms with E-state index in [1.807, 2.05) is 54.2 Å². The fourth-order valence-corrected chi connectivity index (χ4v) is 5.99. The van der Waals surface area contributed by atoms with Gasteiger partial charge in [0.15, 0.2) is 0 Å². The Bertz CT molecular complexity index is 1520. The number of halogens is 1. The predicted octanol–water partition coefficient (Wildman–Crippen LogP) is 4.09. The number of amides is 2. The zero-order valence-corrected chi connectivity index (χ0v) is 21.0. The molecule has 1 aliphatic heterocycles. The number of rotatable bonds is 4. The molecular formula is C28H29ClN4O2. The van der Waals surface area contributed by atoms with E-state index in [2.05, 4.69) is 41.0 Å². The first kappa shape index (κ1) is 23.4. The van der Waals surface area contributed by atoms with Crippen LogP contribution in [0.4, 0.5) is 0 Å². The molecule has 6 nitrogen and oxygen atoms in total. The Kier molecular flexibility index (Phi) is 5.82. The Hall–Kier alpha value is -3.35. The van der Waals surface area contributed by atoms with E-state index in [1.165, 1.54) is 11.3 Å². The van der Waals surface area contributed by atoms with Crippen LogP contribution in [0, 0.1) is 5.92 Å². The third-order valence-corrected chi connectivity index (χ3v) is 7.31. The number of aryl methyl sites for hydroxylation is 2. The molecule has 1 unspecified atom stereocenters. The molecule has 0 radical (unpaired) electrons. The van der Waals surface area contributed by atoms with Crippen LogP contribution < -0.4 is 5.32 Å². The van der Waals surface area contributed by atoms with Crippen LogP contribution in [0.2, 0.25) is 0 Å². The first-order chi connectivity index (χ1) is 16.4. The highest BCUT2D eigenvalue weighted by Crippen LogP contribution is 2.42. The van der Waals surface area contributed by atoms with Crippen LogP contribution in [0.15, 0.2) is 54.9 Å². The molecule has 2 aliphatic rings. The van der Waals surface area contributed by atoms with Gasteiger partial charge in [-0.15, -0.1) is 12.4 Å². The fraction of sp³-hybridized carbons (Fsp3) is 0.286. The zero-order chi connectivity index (χ0) is 23.6. The summed E-state index contributed by atoms with van der Waals surface area (Å²) >= 11 is 0. The van der Waals surface area contributed by atoms with Crippen molar-refractivity contribution in [2.75, 3.05) is 20.6 Å². The predicted molar refractivity (Wildman–Crippen MR) is 142 cm³/mol. The number of hydrogen-bond donors (Lipinski definition) is 1. The summed E-state index contributed by atoms with van der Waals surface area (Å²) in [6.07, 6.45) is 7.03. The highest BCUT2D eigenvalue weighted by atomic mass is 35.5. The van der Waals surface area contributed by atoms with Crippen LogP contribution in [0.25, 0.3) is 27.6 Å². The van der Waals surface area contributed by atoms with Crippen LogP contribution in [-0.2, 0) is 29.5 Å². The van der Waals surface area contributed by atoms with E-state index in [0.717, 1.165) is 53.4 Å². The van der Waals surface area contributed by atoms with Gasteiger partial charge in [0, 0.05) is 53.7 Å². The van der Waals surface area contributed by atoms with Gasteiger partial charge in [0.2, 0.25) is 0 Å². The summed E-state index contributed by atoms with van der Waals surface area (Å²) in [6.45, 7) is 1.01. The largest absolute Gasteiger partial charge is 0.350 e. The zero-order valence-electron chi connectivity index (χ0n) is 20.2. The lowest BCUT2D eigenvalue weighted by Crippen LogP contribution is -2.27. The molecule has 1 aromatic carbocycles. The summed E-state index contributed by atoms with van der Waals surface area (Å²) in [5.41, 5.74) is 7.22. The van der Waals surface area contributed by atoms with Gasteiger partial charge in [0.05, 0.1) is 16.7 Å². The maximum absolute atomic E-state index is 13.4. The van der Waals surface area contributed by atoms with Crippen LogP contribution in [0.5, 0.6) is 0 Å². The Morgan fingerprint density at radius 2 is 1.71 bits per heavy atom. The van der Waals surface area contributed by atoms with Crippen LogP contribution in [0.1, 0.15) is 28.8 Å². The van der Waals surface area contributed by atoms with Crippen molar-refractivity contribution < 1.29 is 9.59 Å². The monoisotopic (exact) mass is 488 g/mol. The number of pyridine rings is 1. The molecule has 6 rings (SSSR count). The van der Waals surface area contributed by atoms with Gasteiger partial charge in [-0.2, -0.15) is 0 Å². The molecule has 1 aliphatic carbocycles. The second-order valence-corrected chi connectivity index (χ2v) is 9.83. The molecule has 35 heavy (non-hydrogen) atoms. The van der Waals surface area contributed by atoms with Gasteiger partial charge >= 0.3 is 0 Å². The van der Waals surface area contributed by atoms with Crippen LogP contribution in [-0.4, -0.2) is 46.3 Å². The first-order valence-electron chi connectivity index (χ1n) is 11.8. The average molecular weight is 489 g/mol. The quantitative estimate of drug-likeness (QED) is 0.440. The van der Waals surface area contributed by atoms with Crippen LogP contribution >= 0.6 is 12.4 Å². The normalized spacial score (nSPS) is 17.9. The minimum absolute atomic E-state index is 0. The highest BCUT2D eigenvalue weighted by Gasteiger charge is 2.38. The third-order valence-electron chi connectivity index (χ3n) is 7.31. The van der Waals surface area contributed by atoms with Crippen molar-refractivity contribution in [2.45, 2.75) is 19.3 Å². The number of fused-ring (bicyclic) bond motifs is 4. The van der Waals surface area contributed by atoms with Crippen molar-refractivity contribution in [1.82, 2.24) is 19.2 Å². The number of nitrogens with zero attached hydrogens (tertiary/aromatic N) is 3. The maximum atomic E-state index is 13.4. The van der Waals surface area contributed by atoms with Crippen molar-refractivity contribution in [1.29, 1.82) is 0 Å². The molecule has 1 atom stereocenters. The standard InChI is InChI=1S/C28H28N4O2.ClH/c1-30(2)15-17-11-12-22-19(14-17)24(23-10-6-7-13-32(22)23)26-25(27(33)29-28(26)34)20-16-31(3)21-9-5-4-8-18(20)21;/h4-10,13,16-17H,11-12,14-15H2,1-3H3,(H,29,33,34);1H. The van der Waals surface area contributed by atoms with Gasteiger partial charge < -0.3 is 13.9 Å². The van der Waals surface area contributed by atoms with E-state index < -0.39 is 0 Å². The summed E-state index contributed by atoms with van der Waals surface area (Å²) in [5, 5.41) is 3.59. The topological polar surface area (TPSA) is 58.8 Å². The SMILES string of the molecule is CN(C)CC1CCc2c(c(C3=C(c4cn(C)c5ccccc45)C(=O)NC3=O)c3ccccn23)C1.Cl. The molecule has 0 bridgehead atoms. The van der Waals surface area contributed by atoms with E-state index in [9.17, 15) is 9.59 Å². The lowest BCUT2D eigenvalue weighted by atomic mass is 9.83. The van der Waals surface area contributed by atoms with E-state index >= 15 is 0 Å². The first-order valence-corrected chi connectivity index (χ1v) is 11.8. The van der Waals surface area contributed by atoms with Crippen molar-refractivity contribution in [3.8, 4) is 0 Å². The Morgan fingerprint density at radius 3 is 2.51 bits per heavy atom. The number of carbonyl (C=O) groups is 2. The van der Waals surface area contributed by atoms with Gasteiger partial charge in [0.25, 0.3) is 11.8 Å². The lowest BCUT2D eigenvalue weighted by molar-refractivity contribution is -0.122. The molecule has 0 saturated heterocycles. The lowest BCUT2D eigenvalue weighted by Gasteiger charge is -2.26. The second-order valence-electron chi connectivity index (χ2n) is 9.83. The molecule has 1 N–H and O–H groups in total. The number of carbonyl (C=O) groups excluding carboxylic acids is 2. The number of nitrogens with one attached hydrogen (secondary N) is 1. The molecular weight excluding hydrogens is 460 g/mol. The Labute approximate surface area is 210 Å². The number of aromatic nitrogens is 2. The van der Waals surface area contributed by atoms with E-state index in [1.54, 1.807) is 0 Å². The maximum Gasteiger partial charge on any atom is 0.259 e. The molecule has 3 aromatic heterocycles. The minimum atomic E-state index is -0.318. The van der Waals surface area contributed by atoms with Crippen LogP contribution in [0.3, 0.4) is 0 Å². The van der Waals surface area contributed by atoms with E-state index in [-0.39, 0.29) is 24.2 Å². The Balaban J connectivity index is 0.00000253. The number of imide groups is 1. The summed E-state index contributed by atoms with van der Waals surface area (Å²) < 4.78 is 4.24. The summed E-state index contributed by atoms with van der Waals surface area (Å²) in [5.74, 6) is -0.108. The summed E-state index contributed by atoms with van der Waals surface area (Å²) in [7, 11) is 6.19. The number of hydrogen-bond acceptors (Lipinski definition) is 3.